The number of aryl methyl sites for hydroxylation is 1. The third-order valence-corrected chi connectivity index (χ3v) is 4.80. The second-order valence-corrected chi connectivity index (χ2v) is 6.91. The summed E-state index contributed by atoms with van der Waals surface area (Å²) in [6, 6.07) is 9.57. The Bertz CT molecular complexity index is 846. The zero-order valence-corrected chi connectivity index (χ0v) is 15.1. The summed E-state index contributed by atoms with van der Waals surface area (Å²) in [5.74, 6) is 2.33. The number of amides is 1. The summed E-state index contributed by atoms with van der Waals surface area (Å²) >= 11 is 0. The summed E-state index contributed by atoms with van der Waals surface area (Å²) in [6.45, 7) is 5.82. The number of carbonyl (C=O) groups excluding carboxylic acids is 1. The topological polar surface area (TPSA) is 56.8 Å². The van der Waals surface area contributed by atoms with E-state index in [9.17, 15) is 4.79 Å². The van der Waals surface area contributed by atoms with Gasteiger partial charge in [-0.3, -0.25) is 4.79 Å². The minimum absolute atomic E-state index is 0.0844. The van der Waals surface area contributed by atoms with Crippen molar-refractivity contribution in [1.82, 2.24) is 5.32 Å². The SMILES string of the molecule is Cc1cc2c(cc1CNC(=O)c1ccc3c(c1)C[C@@H](C)O3)OCCCO2. The van der Waals surface area contributed by atoms with Gasteiger partial charge in [-0.25, -0.2) is 0 Å². The van der Waals surface area contributed by atoms with Crippen LogP contribution in [0.4, 0.5) is 0 Å². The lowest BCUT2D eigenvalue weighted by molar-refractivity contribution is 0.0950. The molecule has 26 heavy (non-hydrogen) atoms. The van der Waals surface area contributed by atoms with Gasteiger partial charge in [0.05, 0.1) is 13.2 Å². The van der Waals surface area contributed by atoms with E-state index in [1.54, 1.807) is 0 Å². The molecule has 1 atom stereocenters. The van der Waals surface area contributed by atoms with Crippen molar-refractivity contribution in [3.63, 3.8) is 0 Å². The van der Waals surface area contributed by atoms with E-state index in [4.69, 9.17) is 14.2 Å². The van der Waals surface area contributed by atoms with Crippen LogP contribution < -0.4 is 19.5 Å². The Kier molecular flexibility index (Phi) is 4.45. The van der Waals surface area contributed by atoms with Crippen molar-refractivity contribution in [1.29, 1.82) is 0 Å². The van der Waals surface area contributed by atoms with E-state index < -0.39 is 0 Å². The molecule has 0 unspecified atom stereocenters. The number of hydrogen-bond acceptors (Lipinski definition) is 4. The summed E-state index contributed by atoms with van der Waals surface area (Å²) in [5, 5.41) is 3.00. The molecule has 136 valence electrons. The van der Waals surface area contributed by atoms with Crippen molar-refractivity contribution in [3.8, 4) is 17.2 Å². The van der Waals surface area contributed by atoms with Crippen LogP contribution in [0.3, 0.4) is 0 Å². The predicted molar refractivity (Wildman–Crippen MR) is 98.2 cm³/mol. The van der Waals surface area contributed by atoms with Crippen LogP contribution in [-0.2, 0) is 13.0 Å². The highest BCUT2D eigenvalue weighted by atomic mass is 16.5. The molecular weight excluding hydrogens is 330 g/mol. The van der Waals surface area contributed by atoms with Crippen molar-refractivity contribution < 1.29 is 19.0 Å². The van der Waals surface area contributed by atoms with E-state index in [0.717, 1.165) is 46.8 Å². The van der Waals surface area contributed by atoms with Crippen LogP contribution in [0.25, 0.3) is 0 Å². The number of hydrogen-bond donors (Lipinski definition) is 1. The van der Waals surface area contributed by atoms with Crippen molar-refractivity contribution in [2.45, 2.75) is 39.3 Å². The number of nitrogens with one attached hydrogen (secondary N) is 1. The van der Waals surface area contributed by atoms with Gasteiger partial charge in [0.1, 0.15) is 11.9 Å². The van der Waals surface area contributed by atoms with Gasteiger partial charge >= 0.3 is 0 Å². The number of benzene rings is 2. The molecule has 0 radical (unpaired) electrons. The minimum Gasteiger partial charge on any atom is -0.490 e. The number of fused-ring (bicyclic) bond motifs is 2. The molecule has 2 aromatic rings. The smallest absolute Gasteiger partial charge is 0.251 e. The second kappa shape index (κ2) is 6.90. The lowest BCUT2D eigenvalue weighted by atomic mass is 10.1. The van der Waals surface area contributed by atoms with Gasteiger partial charge in [-0.2, -0.15) is 0 Å². The van der Waals surface area contributed by atoms with E-state index in [1.165, 1.54) is 0 Å². The lowest BCUT2D eigenvalue weighted by Crippen LogP contribution is -2.23. The van der Waals surface area contributed by atoms with Crippen molar-refractivity contribution in [2.24, 2.45) is 0 Å². The third-order valence-electron chi connectivity index (χ3n) is 4.80. The summed E-state index contributed by atoms with van der Waals surface area (Å²) < 4.78 is 17.1. The first-order chi connectivity index (χ1) is 12.6. The maximum absolute atomic E-state index is 12.5. The molecule has 0 fully saturated rings. The van der Waals surface area contributed by atoms with Crippen LogP contribution in [0.15, 0.2) is 30.3 Å². The van der Waals surface area contributed by atoms with Crippen LogP contribution >= 0.6 is 0 Å². The molecule has 2 aliphatic heterocycles. The average Bonchev–Trinajstić information content (AvgIpc) is 2.85. The summed E-state index contributed by atoms with van der Waals surface area (Å²) in [4.78, 5) is 12.5. The average molecular weight is 353 g/mol. The molecule has 2 heterocycles. The van der Waals surface area contributed by atoms with Crippen LogP contribution in [0.5, 0.6) is 17.2 Å². The minimum atomic E-state index is -0.0844. The molecule has 1 amide bonds. The van der Waals surface area contributed by atoms with E-state index in [1.807, 2.05) is 44.2 Å². The molecule has 2 aliphatic rings. The number of carbonyl (C=O) groups is 1. The quantitative estimate of drug-likeness (QED) is 0.919. The standard InChI is InChI=1S/C21H23NO4/c1-13-8-19-20(25-7-3-6-24-19)11-17(13)12-22-21(23)15-4-5-18-16(10-15)9-14(2)26-18/h4-5,8,10-11,14H,3,6-7,9,12H2,1-2H3,(H,22,23)/t14-/m1/s1. The van der Waals surface area contributed by atoms with Crippen molar-refractivity contribution >= 4 is 5.91 Å². The fraction of sp³-hybridized carbons (Fsp3) is 0.381. The summed E-state index contributed by atoms with van der Waals surface area (Å²) in [6.07, 6.45) is 1.89. The Labute approximate surface area is 153 Å². The molecule has 0 aromatic heterocycles. The zero-order valence-electron chi connectivity index (χ0n) is 15.1. The van der Waals surface area contributed by atoms with Crippen molar-refractivity contribution in [3.05, 3.63) is 52.6 Å². The molecule has 0 bridgehead atoms. The molecule has 0 saturated heterocycles. The van der Waals surface area contributed by atoms with Crippen LogP contribution in [0.1, 0.15) is 40.4 Å². The summed E-state index contributed by atoms with van der Waals surface area (Å²) in [5.41, 5.74) is 3.86. The van der Waals surface area contributed by atoms with Crippen LogP contribution in [0, 0.1) is 6.92 Å². The molecule has 2 aromatic carbocycles. The van der Waals surface area contributed by atoms with E-state index in [-0.39, 0.29) is 12.0 Å². The van der Waals surface area contributed by atoms with Gasteiger partial charge in [0.2, 0.25) is 0 Å². The highest BCUT2D eigenvalue weighted by Gasteiger charge is 2.20. The highest BCUT2D eigenvalue weighted by molar-refractivity contribution is 5.94. The highest BCUT2D eigenvalue weighted by Crippen LogP contribution is 2.33. The van der Waals surface area contributed by atoms with Crippen LogP contribution in [-0.4, -0.2) is 25.2 Å². The Morgan fingerprint density at radius 2 is 1.88 bits per heavy atom. The molecule has 5 nitrogen and oxygen atoms in total. The molecule has 4 rings (SSSR count). The monoisotopic (exact) mass is 353 g/mol. The van der Waals surface area contributed by atoms with Gasteiger partial charge in [0, 0.05) is 24.9 Å². The van der Waals surface area contributed by atoms with Gasteiger partial charge in [-0.05, 0) is 60.9 Å². The lowest BCUT2D eigenvalue weighted by Gasteiger charge is -2.13. The normalized spacial score (nSPS) is 17.8. The van der Waals surface area contributed by atoms with Gasteiger partial charge in [-0.1, -0.05) is 0 Å². The Balaban J connectivity index is 1.46. The number of ether oxygens (including phenoxy) is 3. The van der Waals surface area contributed by atoms with Gasteiger partial charge in [0.15, 0.2) is 11.5 Å². The van der Waals surface area contributed by atoms with Crippen LogP contribution in [0.2, 0.25) is 0 Å². The largest absolute Gasteiger partial charge is 0.490 e. The Hall–Kier alpha value is -2.69. The van der Waals surface area contributed by atoms with Gasteiger partial charge in [0.25, 0.3) is 5.91 Å². The Morgan fingerprint density at radius 3 is 2.69 bits per heavy atom. The first-order valence-electron chi connectivity index (χ1n) is 9.07. The van der Waals surface area contributed by atoms with Crippen molar-refractivity contribution in [2.75, 3.05) is 13.2 Å². The fourth-order valence-electron chi connectivity index (χ4n) is 3.38. The predicted octanol–water partition coefficient (Wildman–Crippen LogP) is 3.41. The molecule has 0 saturated carbocycles. The van der Waals surface area contributed by atoms with Gasteiger partial charge in [-0.15, -0.1) is 0 Å². The first-order valence-corrected chi connectivity index (χ1v) is 9.07. The Morgan fingerprint density at radius 1 is 1.12 bits per heavy atom. The van der Waals surface area contributed by atoms with E-state index in [2.05, 4.69) is 5.32 Å². The molecular formula is C21H23NO4. The second-order valence-electron chi connectivity index (χ2n) is 6.91. The third kappa shape index (κ3) is 3.34. The zero-order chi connectivity index (χ0) is 18.1. The summed E-state index contributed by atoms with van der Waals surface area (Å²) in [7, 11) is 0. The number of rotatable bonds is 3. The molecule has 0 spiro atoms. The van der Waals surface area contributed by atoms with Gasteiger partial charge < -0.3 is 19.5 Å². The maximum atomic E-state index is 12.5. The molecule has 1 N–H and O–H groups in total. The first kappa shape index (κ1) is 16.8. The van der Waals surface area contributed by atoms with E-state index >= 15 is 0 Å². The van der Waals surface area contributed by atoms with E-state index in [0.29, 0.717) is 25.3 Å². The fourth-order valence-corrected chi connectivity index (χ4v) is 3.38. The molecule has 5 heteroatoms. The molecule has 0 aliphatic carbocycles. The maximum Gasteiger partial charge on any atom is 0.251 e.